The minimum atomic E-state index is -4.42. The number of rotatable bonds is 13. The van der Waals surface area contributed by atoms with Crippen molar-refractivity contribution in [2.45, 2.75) is 77.8 Å². The molecular weight excluding hydrogens is 451 g/mol. The quantitative estimate of drug-likeness (QED) is 0.311. The summed E-state index contributed by atoms with van der Waals surface area (Å²) in [6.45, 7) is 10.3. The lowest BCUT2D eigenvalue weighted by atomic mass is 9.85. The highest BCUT2D eigenvalue weighted by atomic mass is 19.4. The number of benzene rings is 2. The van der Waals surface area contributed by atoms with Gasteiger partial charge in [0.1, 0.15) is 0 Å². The second-order valence-electron chi connectivity index (χ2n) is 9.90. The molecule has 0 fully saturated rings. The van der Waals surface area contributed by atoms with Crippen molar-refractivity contribution >= 4 is 6.08 Å². The van der Waals surface area contributed by atoms with Gasteiger partial charge >= 0.3 is 6.18 Å². The fraction of sp³-hybridized carbons (Fsp3) is 0.517. The summed E-state index contributed by atoms with van der Waals surface area (Å²) in [5.41, 5.74) is 1.56. The van der Waals surface area contributed by atoms with Crippen LogP contribution in [0.5, 0.6) is 0 Å². The third kappa shape index (κ3) is 9.79. The van der Waals surface area contributed by atoms with Crippen molar-refractivity contribution < 1.29 is 23.0 Å². The molecule has 0 spiro atoms. The van der Waals surface area contributed by atoms with E-state index in [4.69, 9.17) is 4.74 Å². The predicted octanol–water partition coefficient (Wildman–Crippen LogP) is 7.20. The second-order valence-corrected chi connectivity index (χ2v) is 9.90. The molecule has 35 heavy (non-hydrogen) atoms. The van der Waals surface area contributed by atoms with Crippen molar-refractivity contribution in [2.24, 2.45) is 5.92 Å². The smallest absolute Gasteiger partial charge is 0.389 e. The first-order chi connectivity index (χ1) is 16.4. The van der Waals surface area contributed by atoms with Crippen LogP contribution >= 0.6 is 0 Å². The number of hydrogen-bond acceptors (Lipinski definition) is 3. The van der Waals surface area contributed by atoms with Gasteiger partial charge in [0.25, 0.3) is 0 Å². The Morgan fingerprint density at radius 3 is 2.37 bits per heavy atom. The number of aliphatic hydroxyl groups excluding tert-OH is 1. The van der Waals surface area contributed by atoms with Crippen molar-refractivity contribution in [3.63, 3.8) is 0 Å². The Hall–Kier alpha value is -2.15. The van der Waals surface area contributed by atoms with E-state index in [9.17, 15) is 18.3 Å². The normalized spacial score (nSPS) is 15.3. The highest BCUT2D eigenvalue weighted by molar-refractivity contribution is 5.55. The molecule has 0 radical (unpaired) electrons. The van der Waals surface area contributed by atoms with Gasteiger partial charge in [-0.25, -0.2) is 0 Å². The van der Waals surface area contributed by atoms with Gasteiger partial charge in [-0.15, -0.1) is 0 Å². The first-order valence-electron chi connectivity index (χ1n) is 12.4. The maximum absolute atomic E-state index is 13.2. The topological polar surface area (TPSA) is 41.5 Å². The van der Waals surface area contributed by atoms with Crippen molar-refractivity contribution in [3.8, 4) is 0 Å². The van der Waals surface area contributed by atoms with E-state index >= 15 is 0 Å². The van der Waals surface area contributed by atoms with Crippen LogP contribution in [0.1, 0.15) is 75.8 Å². The molecule has 0 heterocycles. The van der Waals surface area contributed by atoms with Crippen LogP contribution < -0.4 is 5.32 Å². The van der Waals surface area contributed by atoms with E-state index < -0.39 is 23.9 Å². The lowest BCUT2D eigenvalue weighted by Crippen LogP contribution is -2.45. The van der Waals surface area contributed by atoms with Gasteiger partial charge < -0.3 is 15.2 Å². The van der Waals surface area contributed by atoms with Crippen LogP contribution in [0.2, 0.25) is 0 Å². The van der Waals surface area contributed by atoms with Gasteiger partial charge in [-0.1, -0.05) is 61.9 Å². The van der Waals surface area contributed by atoms with Crippen LogP contribution in [-0.4, -0.2) is 29.9 Å². The fourth-order valence-electron chi connectivity index (χ4n) is 4.33. The van der Waals surface area contributed by atoms with E-state index in [-0.39, 0.29) is 12.1 Å². The molecule has 0 saturated carbocycles. The summed E-state index contributed by atoms with van der Waals surface area (Å²) in [7, 11) is 0. The van der Waals surface area contributed by atoms with Crippen LogP contribution in [0.3, 0.4) is 0 Å². The van der Waals surface area contributed by atoms with Gasteiger partial charge in [-0.3, -0.25) is 0 Å². The maximum atomic E-state index is 13.2. The summed E-state index contributed by atoms with van der Waals surface area (Å²) < 4.78 is 45.4. The Kier molecular flexibility index (Phi) is 11.0. The van der Waals surface area contributed by atoms with E-state index in [2.05, 4.69) is 50.4 Å². The molecule has 3 atom stereocenters. The number of ether oxygens (including phenoxy) is 1. The molecule has 0 saturated heterocycles. The lowest BCUT2D eigenvalue weighted by molar-refractivity contribution is -0.137. The molecule has 0 aromatic heterocycles. The van der Waals surface area contributed by atoms with Crippen molar-refractivity contribution in [2.75, 3.05) is 13.2 Å². The Balaban J connectivity index is 1.91. The number of aliphatic hydroxyl groups is 1. The molecule has 194 valence electrons. The van der Waals surface area contributed by atoms with Gasteiger partial charge in [0.2, 0.25) is 0 Å². The largest absolute Gasteiger partial charge is 0.416 e. The van der Waals surface area contributed by atoms with E-state index in [1.807, 2.05) is 13.0 Å². The van der Waals surface area contributed by atoms with Gasteiger partial charge in [-0.2, -0.15) is 13.2 Å². The standard InChI is InChI=1S/C29H40F3NO2/c1-6-11-24-14-15-25(29(30,31)32)17-27(24)21(3)35-20-26(34)19-33-28(4,5)18-22(7-2)16-23-12-9-8-10-13-23/h6,8-15,17,21-22,26,33-34H,7,16,18-20H2,1-5H3/b11-6+. The highest BCUT2D eigenvalue weighted by Crippen LogP contribution is 2.33. The van der Waals surface area contributed by atoms with Gasteiger partial charge in [0, 0.05) is 12.1 Å². The third-order valence-electron chi connectivity index (χ3n) is 6.30. The molecule has 2 aromatic carbocycles. The molecular formula is C29H40F3NO2. The summed E-state index contributed by atoms with van der Waals surface area (Å²) in [4.78, 5) is 0. The first kappa shape index (κ1) is 29.1. The lowest BCUT2D eigenvalue weighted by Gasteiger charge is -2.32. The molecule has 3 unspecified atom stereocenters. The number of alkyl halides is 3. The van der Waals surface area contributed by atoms with Gasteiger partial charge in [-0.05, 0) is 75.3 Å². The number of halogens is 3. The van der Waals surface area contributed by atoms with Crippen molar-refractivity contribution in [1.82, 2.24) is 5.32 Å². The van der Waals surface area contributed by atoms with Gasteiger partial charge in [0.05, 0.1) is 24.4 Å². The van der Waals surface area contributed by atoms with Crippen LogP contribution in [0, 0.1) is 5.92 Å². The minimum absolute atomic E-state index is 0.0248. The number of nitrogens with one attached hydrogen (secondary N) is 1. The summed E-state index contributed by atoms with van der Waals surface area (Å²) in [6, 6.07) is 14.1. The first-order valence-corrected chi connectivity index (χ1v) is 12.4. The van der Waals surface area contributed by atoms with E-state index in [1.165, 1.54) is 11.6 Å². The van der Waals surface area contributed by atoms with Crippen molar-refractivity contribution in [3.05, 3.63) is 76.9 Å². The minimum Gasteiger partial charge on any atom is -0.389 e. The summed E-state index contributed by atoms with van der Waals surface area (Å²) in [6.07, 6.45) is 0.777. The zero-order valence-electron chi connectivity index (χ0n) is 21.5. The monoisotopic (exact) mass is 491 g/mol. The number of hydrogen-bond donors (Lipinski definition) is 2. The average molecular weight is 492 g/mol. The highest BCUT2D eigenvalue weighted by Gasteiger charge is 2.31. The summed E-state index contributed by atoms with van der Waals surface area (Å²) >= 11 is 0. The fourth-order valence-corrected chi connectivity index (χ4v) is 4.33. The molecule has 0 amide bonds. The Morgan fingerprint density at radius 2 is 1.77 bits per heavy atom. The van der Waals surface area contributed by atoms with Crippen LogP contribution in [-0.2, 0) is 17.3 Å². The molecule has 6 heteroatoms. The Bertz CT molecular complexity index is 925. The maximum Gasteiger partial charge on any atom is 0.416 e. The zero-order valence-corrected chi connectivity index (χ0v) is 21.5. The molecule has 0 bridgehead atoms. The second kappa shape index (κ2) is 13.2. The van der Waals surface area contributed by atoms with Crippen LogP contribution in [0.25, 0.3) is 6.08 Å². The van der Waals surface area contributed by atoms with Gasteiger partial charge in [0.15, 0.2) is 0 Å². The SMILES string of the molecule is C/C=C/c1ccc(C(F)(F)F)cc1C(C)OCC(O)CNC(C)(C)CC(CC)Cc1ccccc1. The van der Waals surface area contributed by atoms with Crippen molar-refractivity contribution in [1.29, 1.82) is 0 Å². The molecule has 0 aliphatic carbocycles. The van der Waals surface area contributed by atoms with E-state index in [0.717, 1.165) is 31.4 Å². The van der Waals surface area contributed by atoms with E-state index in [1.54, 1.807) is 19.1 Å². The summed E-state index contributed by atoms with van der Waals surface area (Å²) in [5.74, 6) is 0.513. The number of β-amino-alcohol motifs (C(OH)–C–C–N with tert-alkyl or cyclic N) is 1. The molecule has 0 aliphatic rings. The Morgan fingerprint density at radius 1 is 1.09 bits per heavy atom. The zero-order chi connectivity index (χ0) is 26.1. The average Bonchev–Trinajstić information content (AvgIpc) is 2.81. The third-order valence-corrected chi connectivity index (χ3v) is 6.30. The van der Waals surface area contributed by atoms with Crippen LogP contribution in [0.15, 0.2) is 54.6 Å². The molecule has 2 aromatic rings. The molecule has 2 N–H and O–H groups in total. The summed E-state index contributed by atoms with van der Waals surface area (Å²) in [5, 5.41) is 14.0. The predicted molar refractivity (Wildman–Crippen MR) is 137 cm³/mol. The molecule has 3 nitrogen and oxygen atoms in total. The molecule has 0 aliphatic heterocycles. The molecule has 2 rings (SSSR count). The number of allylic oxidation sites excluding steroid dienone is 1. The van der Waals surface area contributed by atoms with Crippen LogP contribution in [0.4, 0.5) is 13.2 Å². The Labute approximate surface area is 208 Å². The van der Waals surface area contributed by atoms with E-state index in [0.29, 0.717) is 23.6 Å².